The van der Waals surface area contributed by atoms with Crippen LogP contribution in [0.5, 0.6) is 5.75 Å². The van der Waals surface area contributed by atoms with Crippen LogP contribution in [0.1, 0.15) is 44.7 Å². The van der Waals surface area contributed by atoms with Crippen LogP contribution >= 0.6 is 0 Å². The normalized spacial score (nSPS) is 22.7. The predicted octanol–water partition coefficient (Wildman–Crippen LogP) is 4.29. The van der Waals surface area contributed by atoms with Gasteiger partial charge in [0.15, 0.2) is 0 Å². The maximum atomic E-state index is 12.6. The number of carbonyl (C=O) groups is 1. The Morgan fingerprint density at radius 3 is 2.58 bits per heavy atom. The van der Waals surface area contributed by atoms with Crippen molar-refractivity contribution in [1.29, 1.82) is 0 Å². The SMILES string of the molecule is Cc1ccc(N2CC3(CCN(c4ccc(OCCCN5CCC[C@H](C)C5)cc4)CC3)OCC2=O)cn1. The molecule has 0 unspecified atom stereocenters. The number of anilines is 2. The Kier molecular flexibility index (Phi) is 7.77. The monoisotopic (exact) mass is 492 g/mol. The highest BCUT2D eigenvalue weighted by Crippen LogP contribution is 2.34. The van der Waals surface area contributed by atoms with E-state index in [-0.39, 0.29) is 18.1 Å². The summed E-state index contributed by atoms with van der Waals surface area (Å²) in [5.74, 6) is 1.78. The van der Waals surface area contributed by atoms with Crippen molar-refractivity contribution >= 4 is 17.3 Å². The molecular formula is C29H40N4O3. The van der Waals surface area contributed by atoms with E-state index in [0.29, 0.717) is 6.54 Å². The molecule has 36 heavy (non-hydrogen) atoms. The fraction of sp³-hybridized carbons (Fsp3) is 0.586. The van der Waals surface area contributed by atoms with E-state index in [4.69, 9.17) is 9.47 Å². The Labute approximate surface area is 215 Å². The summed E-state index contributed by atoms with van der Waals surface area (Å²) >= 11 is 0. The number of carbonyl (C=O) groups excluding carboxylic acids is 1. The van der Waals surface area contributed by atoms with Gasteiger partial charge in [-0.15, -0.1) is 0 Å². The number of pyridine rings is 1. The van der Waals surface area contributed by atoms with Crippen molar-refractivity contribution in [1.82, 2.24) is 9.88 Å². The lowest BCUT2D eigenvalue weighted by Crippen LogP contribution is -2.59. The third kappa shape index (κ3) is 6.01. The van der Waals surface area contributed by atoms with Crippen molar-refractivity contribution in [3.8, 4) is 5.75 Å². The molecule has 7 heteroatoms. The van der Waals surface area contributed by atoms with Crippen molar-refractivity contribution in [2.75, 3.05) is 62.3 Å². The Morgan fingerprint density at radius 1 is 1.08 bits per heavy atom. The van der Waals surface area contributed by atoms with Crippen LogP contribution in [0.25, 0.3) is 0 Å². The Hall–Kier alpha value is -2.64. The largest absolute Gasteiger partial charge is 0.494 e. The van der Waals surface area contributed by atoms with Crippen molar-refractivity contribution in [3.63, 3.8) is 0 Å². The second-order valence-electron chi connectivity index (χ2n) is 10.8. The van der Waals surface area contributed by atoms with E-state index >= 15 is 0 Å². The number of nitrogens with zero attached hydrogens (tertiary/aromatic N) is 4. The number of benzene rings is 1. The van der Waals surface area contributed by atoms with Crippen LogP contribution in [-0.4, -0.2) is 73.9 Å². The molecular weight excluding hydrogens is 452 g/mol. The van der Waals surface area contributed by atoms with E-state index in [2.05, 4.69) is 46.0 Å². The number of hydrogen-bond donors (Lipinski definition) is 0. The first-order chi connectivity index (χ1) is 17.5. The number of morpholine rings is 1. The Bertz CT molecular complexity index is 1000. The molecule has 0 saturated carbocycles. The first-order valence-corrected chi connectivity index (χ1v) is 13.6. The van der Waals surface area contributed by atoms with Crippen molar-refractivity contribution < 1.29 is 14.3 Å². The highest BCUT2D eigenvalue weighted by molar-refractivity contribution is 5.95. The van der Waals surface area contributed by atoms with Crippen LogP contribution in [-0.2, 0) is 9.53 Å². The average Bonchev–Trinajstić information content (AvgIpc) is 2.90. The molecule has 3 fully saturated rings. The van der Waals surface area contributed by atoms with Crippen LogP contribution in [0.2, 0.25) is 0 Å². The molecule has 0 bridgehead atoms. The lowest BCUT2D eigenvalue weighted by atomic mass is 9.88. The molecule has 3 saturated heterocycles. The zero-order chi connectivity index (χ0) is 25.0. The van der Waals surface area contributed by atoms with E-state index in [0.717, 1.165) is 68.6 Å². The first kappa shape index (κ1) is 25.0. The van der Waals surface area contributed by atoms with Crippen LogP contribution in [0.4, 0.5) is 11.4 Å². The fourth-order valence-corrected chi connectivity index (χ4v) is 5.77. The molecule has 3 aliphatic rings. The van der Waals surface area contributed by atoms with E-state index in [1.165, 1.54) is 31.6 Å². The van der Waals surface area contributed by atoms with Crippen molar-refractivity contribution in [3.05, 3.63) is 48.3 Å². The van der Waals surface area contributed by atoms with Gasteiger partial charge in [0.25, 0.3) is 5.91 Å². The Balaban J connectivity index is 1.09. The number of aromatic nitrogens is 1. The van der Waals surface area contributed by atoms with Gasteiger partial charge in [-0.25, -0.2) is 0 Å². The van der Waals surface area contributed by atoms with Gasteiger partial charge in [0, 0.05) is 37.6 Å². The summed E-state index contributed by atoms with van der Waals surface area (Å²) in [5.41, 5.74) is 2.73. The van der Waals surface area contributed by atoms with Gasteiger partial charge in [0.2, 0.25) is 0 Å². The molecule has 1 spiro atoms. The van der Waals surface area contributed by atoms with Crippen LogP contribution in [0.15, 0.2) is 42.6 Å². The quantitative estimate of drug-likeness (QED) is 0.538. The number of ether oxygens (including phenoxy) is 2. The molecule has 4 heterocycles. The number of piperidine rings is 2. The lowest BCUT2D eigenvalue weighted by molar-refractivity contribution is -0.141. The summed E-state index contributed by atoms with van der Waals surface area (Å²) in [6.07, 6.45) is 7.34. The number of amides is 1. The molecule has 0 radical (unpaired) electrons. The molecule has 0 N–H and O–H groups in total. The summed E-state index contributed by atoms with van der Waals surface area (Å²) in [6.45, 7) is 11.2. The molecule has 3 aliphatic heterocycles. The summed E-state index contributed by atoms with van der Waals surface area (Å²) in [6, 6.07) is 12.4. The lowest BCUT2D eigenvalue weighted by Gasteiger charge is -2.47. The first-order valence-electron chi connectivity index (χ1n) is 13.6. The van der Waals surface area contributed by atoms with Gasteiger partial charge in [-0.1, -0.05) is 6.92 Å². The smallest absolute Gasteiger partial charge is 0.253 e. The molecule has 7 nitrogen and oxygen atoms in total. The van der Waals surface area contributed by atoms with Gasteiger partial charge in [-0.2, -0.15) is 0 Å². The van der Waals surface area contributed by atoms with E-state index in [1.807, 2.05) is 24.0 Å². The average molecular weight is 493 g/mol. The maximum absolute atomic E-state index is 12.6. The van der Waals surface area contributed by atoms with Gasteiger partial charge < -0.3 is 24.2 Å². The zero-order valence-corrected chi connectivity index (χ0v) is 21.8. The van der Waals surface area contributed by atoms with Crippen LogP contribution in [0.3, 0.4) is 0 Å². The molecule has 1 atom stereocenters. The molecule has 0 aliphatic carbocycles. The molecule has 1 amide bonds. The van der Waals surface area contributed by atoms with Crippen LogP contribution < -0.4 is 14.5 Å². The van der Waals surface area contributed by atoms with E-state index in [9.17, 15) is 4.79 Å². The topological polar surface area (TPSA) is 58.1 Å². The number of aryl methyl sites for hydroxylation is 1. The Morgan fingerprint density at radius 2 is 1.86 bits per heavy atom. The van der Waals surface area contributed by atoms with Crippen molar-refractivity contribution in [2.24, 2.45) is 5.92 Å². The summed E-state index contributed by atoms with van der Waals surface area (Å²) in [5, 5.41) is 0. The second kappa shape index (κ2) is 11.2. The minimum absolute atomic E-state index is 0.00906. The number of likely N-dealkylation sites (tertiary alicyclic amines) is 1. The molecule has 5 rings (SSSR count). The predicted molar refractivity (Wildman–Crippen MR) is 143 cm³/mol. The number of rotatable bonds is 7. The van der Waals surface area contributed by atoms with E-state index in [1.54, 1.807) is 6.20 Å². The third-order valence-corrected chi connectivity index (χ3v) is 7.96. The van der Waals surface area contributed by atoms with Crippen LogP contribution in [0, 0.1) is 12.8 Å². The molecule has 1 aromatic heterocycles. The van der Waals surface area contributed by atoms with Gasteiger partial charge in [0.05, 0.1) is 30.6 Å². The second-order valence-corrected chi connectivity index (χ2v) is 10.8. The molecule has 1 aromatic carbocycles. The number of hydrogen-bond acceptors (Lipinski definition) is 6. The van der Waals surface area contributed by atoms with Gasteiger partial charge >= 0.3 is 0 Å². The fourth-order valence-electron chi connectivity index (χ4n) is 5.77. The van der Waals surface area contributed by atoms with Gasteiger partial charge in [0.1, 0.15) is 12.4 Å². The standard InChI is InChI=1S/C29H40N4O3/c1-23-5-3-14-31(20-23)15-4-18-35-27-10-8-25(9-11-27)32-16-12-29(13-17-32)22-33(28(34)21-36-29)26-7-6-24(2)30-19-26/h6-11,19,23H,3-5,12-18,20-22H2,1-2H3/t23-/m0/s1. The summed E-state index contributed by atoms with van der Waals surface area (Å²) < 4.78 is 12.2. The summed E-state index contributed by atoms with van der Waals surface area (Å²) in [4.78, 5) is 23.8. The van der Waals surface area contributed by atoms with Gasteiger partial charge in [-0.05, 0) is 87.9 Å². The minimum atomic E-state index is -0.287. The highest BCUT2D eigenvalue weighted by Gasteiger charge is 2.42. The third-order valence-electron chi connectivity index (χ3n) is 7.96. The molecule has 194 valence electrons. The van der Waals surface area contributed by atoms with Crippen molar-refractivity contribution in [2.45, 2.75) is 51.6 Å². The summed E-state index contributed by atoms with van der Waals surface area (Å²) in [7, 11) is 0. The molecule has 2 aromatic rings. The minimum Gasteiger partial charge on any atom is -0.494 e. The van der Waals surface area contributed by atoms with Gasteiger partial charge in [-0.3, -0.25) is 9.78 Å². The highest BCUT2D eigenvalue weighted by atomic mass is 16.5. The maximum Gasteiger partial charge on any atom is 0.253 e. The van der Waals surface area contributed by atoms with E-state index < -0.39 is 0 Å². The zero-order valence-electron chi connectivity index (χ0n) is 21.8.